The molecule has 150 valence electrons. The second-order valence-electron chi connectivity index (χ2n) is 7.40. The largest absolute Gasteiger partial charge is 0.383 e. The van der Waals surface area contributed by atoms with Crippen LogP contribution in [-0.2, 0) is 22.6 Å². The Morgan fingerprint density at radius 2 is 1.90 bits per heavy atom. The predicted molar refractivity (Wildman–Crippen MR) is 109 cm³/mol. The normalized spacial score (nSPS) is 18.7. The number of amides is 2. The van der Waals surface area contributed by atoms with Crippen molar-refractivity contribution in [2.24, 2.45) is 0 Å². The van der Waals surface area contributed by atoms with Crippen LogP contribution in [0, 0.1) is 0 Å². The summed E-state index contributed by atoms with van der Waals surface area (Å²) in [6.07, 6.45) is 0. The van der Waals surface area contributed by atoms with E-state index in [-0.39, 0.29) is 11.8 Å². The predicted octanol–water partition coefficient (Wildman–Crippen LogP) is 2.21. The van der Waals surface area contributed by atoms with E-state index in [2.05, 4.69) is 10.3 Å². The van der Waals surface area contributed by atoms with Crippen LogP contribution in [0.3, 0.4) is 0 Å². The van der Waals surface area contributed by atoms with Gasteiger partial charge < -0.3 is 19.5 Å². The molecule has 1 atom stereocenters. The molecule has 7 heteroatoms. The fraction of sp³-hybridized carbons (Fsp3) is 0.318. The summed E-state index contributed by atoms with van der Waals surface area (Å²) in [4.78, 5) is 32.7. The Morgan fingerprint density at radius 3 is 2.66 bits per heavy atom. The van der Waals surface area contributed by atoms with Gasteiger partial charge in [-0.15, -0.1) is 0 Å². The van der Waals surface area contributed by atoms with E-state index in [1.807, 2.05) is 59.2 Å². The zero-order valence-electron chi connectivity index (χ0n) is 16.6. The van der Waals surface area contributed by atoms with Crippen molar-refractivity contribution in [3.63, 3.8) is 0 Å². The van der Waals surface area contributed by atoms with E-state index in [0.717, 1.165) is 16.6 Å². The van der Waals surface area contributed by atoms with Gasteiger partial charge in [0.2, 0.25) is 5.91 Å². The minimum Gasteiger partial charge on any atom is -0.383 e. The minimum absolute atomic E-state index is 0.200. The molecule has 0 spiro atoms. The molecule has 0 saturated heterocycles. The maximum Gasteiger partial charge on any atom is 0.290 e. The van der Waals surface area contributed by atoms with E-state index in [1.54, 1.807) is 18.9 Å². The van der Waals surface area contributed by atoms with Gasteiger partial charge in [-0.1, -0.05) is 42.5 Å². The lowest BCUT2D eigenvalue weighted by Crippen LogP contribution is -2.64. The number of nitrogens with one attached hydrogen (secondary N) is 1. The first-order chi connectivity index (χ1) is 14.0. The van der Waals surface area contributed by atoms with Crippen molar-refractivity contribution in [1.29, 1.82) is 0 Å². The van der Waals surface area contributed by atoms with Gasteiger partial charge in [0.15, 0.2) is 5.82 Å². The number of fused-ring (bicyclic) bond motifs is 3. The summed E-state index contributed by atoms with van der Waals surface area (Å²) in [5, 5.41) is 3.00. The number of aromatic nitrogens is 2. The monoisotopic (exact) mass is 392 g/mol. The van der Waals surface area contributed by atoms with Gasteiger partial charge in [0.1, 0.15) is 5.54 Å². The Morgan fingerprint density at radius 1 is 1.17 bits per heavy atom. The van der Waals surface area contributed by atoms with Crippen LogP contribution in [0.5, 0.6) is 0 Å². The lowest BCUT2D eigenvalue weighted by Gasteiger charge is -2.43. The molecule has 0 aliphatic carbocycles. The van der Waals surface area contributed by atoms with E-state index >= 15 is 0 Å². The summed E-state index contributed by atoms with van der Waals surface area (Å²) in [6, 6.07) is 17.3. The number of carbonyl (C=O) groups excluding carboxylic acids is 2. The van der Waals surface area contributed by atoms with Gasteiger partial charge in [0.05, 0.1) is 24.2 Å². The SMILES string of the molecule is COCCN1C(=O)c2nc3ccccc3n2C[C@@]1(C)C(=O)NCc1ccccc1. The number of imidazole rings is 1. The van der Waals surface area contributed by atoms with Crippen molar-refractivity contribution < 1.29 is 14.3 Å². The van der Waals surface area contributed by atoms with Crippen molar-refractivity contribution >= 4 is 22.8 Å². The molecule has 1 N–H and O–H groups in total. The molecule has 1 aliphatic heterocycles. The fourth-order valence-corrected chi connectivity index (χ4v) is 3.83. The first kappa shape index (κ1) is 19.1. The molecule has 2 amide bonds. The summed E-state index contributed by atoms with van der Waals surface area (Å²) in [6.45, 7) is 3.19. The average Bonchev–Trinajstić information content (AvgIpc) is 3.11. The Labute approximate surface area is 169 Å². The second-order valence-corrected chi connectivity index (χ2v) is 7.40. The van der Waals surface area contributed by atoms with Gasteiger partial charge in [-0.05, 0) is 24.6 Å². The topological polar surface area (TPSA) is 76.5 Å². The van der Waals surface area contributed by atoms with Crippen LogP contribution in [0.15, 0.2) is 54.6 Å². The number of carbonyl (C=O) groups is 2. The zero-order chi connectivity index (χ0) is 20.4. The molecule has 0 fully saturated rings. The molecule has 0 saturated carbocycles. The molecule has 0 radical (unpaired) electrons. The number of hydrogen-bond acceptors (Lipinski definition) is 4. The smallest absolute Gasteiger partial charge is 0.290 e. The van der Waals surface area contributed by atoms with Gasteiger partial charge >= 0.3 is 0 Å². The third-order valence-electron chi connectivity index (χ3n) is 5.46. The molecule has 7 nitrogen and oxygen atoms in total. The molecule has 0 bridgehead atoms. The van der Waals surface area contributed by atoms with E-state index < -0.39 is 5.54 Å². The Balaban J connectivity index is 1.68. The highest BCUT2D eigenvalue weighted by molar-refractivity contribution is 6.01. The van der Waals surface area contributed by atoms with Gasteiger partial charge in [-0.2, -0.15) is 0 Å². The molecule has 29 heavy (non-hydrogen) atoms. The maximum absolute atomic E-state index is 13.3. The molecular formula is C22H24N4O3. The van der Waals surface area contributed by atoms with Gasteiger partial charge in [0, 0.05) is 20.2 Å². The van der Waals surface area contributed by atoms with Crippen molar-refractivity contribution in [1.82, 2.24) is 19.8 Å². The highest BCUT2D eigenvalue weighted by Crippen LogP contribution is 2.30. The fourth-order valence-electron chi connectivity index (χ4n) is 3.83. The number of para-hydroxylation sites is 2. The Kier molecular flexibility index (Phi) is 5.07. The summed E-state index contributed by atoms with van der Waals surface area (Å²) >= 11 is 0. The standard InChI is InChI=1S/C22H24N4O3/c1-22(21(28)23-14-16-8-4-3-5-9-16)15-25-18-11-7-6-10-17(18)24-19(25)20(27)26(22)12-13-29-2/h3-11H,12-15H2,1-2H3,(H,23,28)/t22-/m0/s1. The summed E-state index contributed by atoms with van der Waals surface area (Å²) in [7, 11) is 1.58. The molecule has 2 heterocycles. The Bertz CT molecular complexity index is 1050. The van der Waals surface area contributed by atoms with Crippen LogP contribution >= 0.6 is 0 Å². The number of hydrogen-bond donors (Lipinski definition) is 1. The molecule has 3 aromatic rings. The van der Waals surface area contributed by atoms with Crippen LogP contribution in [0.4, 0.5) is 0 Å². The minimum atomic E-state index is -1.05. The lowest BCUT2D eigenvalue weighted by molar-refractivity contribution is -0.133. The second kappa shape index (κ2) is 7.67. The van der Waals surface area contributed by atoms with Crippen molar-refractivity contribution in [2.45, 2.75) is 25.6 Å². The lowest BCUT2D eigenvalue weighted by atomic mass is 9.95. The van der Waals surface area contributed by atoms with Gasteiger partial charge in [0.25, 0.3) is 5.91 Å². The number of methoxy groups -OCH3 is 1. The van der Waals surface area contributed by atoms with Crippen LogP contribution in [0.2, 0.25) is 0 Å². The van der Waals surface area contributed by atoms with Crippen molar-refractivity contribution in [3.05, 3.63) is 66.0 Å². The molecule has 1 aromatic heterocycles. The van der Waals surface area contributed by atoms with Gasteiger partial charge in [-0.3, -0.25) is 9.59 Å². The van der Waals surface area contributed by atoms with Crippen LogP contribution in [0.1, 0.15) is 23.1 Å². The van der Waals surface area contributed by atoms with Crippen molar-refractivity contribution in [2.75, 3.05) is 20.3 Å². The third kappa shape index (κ3) is 3.38. The number of rotatable bonds is 6. The van der Waals surface area contributed by atoms with E-state index in [9.17, 15) is 9.59 Å². The summed E-state index contributed by atoms with van der Waals surface area (Å²) in [5.41, 5.74) is 1.55. The van der Waals surface area contributed by atoms with E-state index in [0.29, 0.717) is 32.1 Å². The summed E-state index contributed by atoms with van der Waals surface area (Å²) in [5.74, 6) is -0.105. The highest BCUT2D eigenvalue weighted by atomic mass is 16.5. The molecule has 0 unspecified atom stereocenters. The third-order valence-corrected chi connectivity index (χ3v) is 5.46. The number of benzene rings is 2. The average molecular weight is 392 g/mol. The van der Waals surface area contributed by atoms with Crippen LogP contribution in [-0.4, -0.2) is 52.1 Å². The molecule has 1 aliphatic rings. The Hall–Kier alpha value is -3.19. The maximum atomic E-state index is 13.3. The van der Waals surface area contributed by atoms with E-state index in [1.165, 1.54) is 0 Å². The zero-order valence-corrected chi connectivity index (χ0v) is 16.6. The van der Waals surface area contributed by atoms with Crippen LogP contribution in [0.25, 0.3) is 11.0 Å². The molecule has 4 rings (SSSR count). The summed E-state index contributed by atoms with van der Waals surface area (Å²) < 4.78 is 7.04. The van der Waals surface area contributed by atoms with Crippen LogP contribution < -0.4 is 5.32 Å². The molecular weight excluding hydrogens is 368 g/mol. The first-order valence-corrected chi connectivity index (χ1v) is 9.63. The van der Waals surface area contributed by atoms with E-state index in [4.69, 9.17) is 4.74 Å². The number of nitrogens with zero attached hydrogens (tertiary/aromatic N) is 3. The first-order valence-electron chi connectivity index (χ1n) is 9.63. The van der Waals surface area contributed by atoms with Crippen molar-refractivity contribution in [3.8, 4) is 0 Å². The van der Waals surface area contributed by atoms with Gasteiger partial charge in [-0.25, -0.2) is 4.98 Å². The molecule has 2 aromatic carbocycles. The number of ether oxygens (including phenoxy) is 1. The quantitative estimate of drug-likeness (QED) is 0.698. The highest BCUT2D eigenvalue weighted by Gasteiger charge is 2.48.